The summed E-state index contributed by atoms with van der Waals surface area (Å²) in [7, 11) is 0. The molecular formula is C17H16N8S2. The zero-order chi connectivity index (χ0) is 19.0. The van der Waals surface area contributed by atoms with Gasteiger partial charge in [0.1, 0.15) is 11.4 Å². The van der Waals surface area contributed by atoms with Crippen LogP contribution in [0.25, 0.3) is 22.0 Å². The summed E-state index contributed by atoms with van der Waals surface area (Å²) in [6.07, 6.45) is 3.56. The summed E-state index contributed by atoms with van der Waals surface area (Å²) in [5.74, 6) is 0. The van der Waals surface area contributed by atoms with E-state index in [-0.39, 0.29) is 5.11 Å². The SMILES string of the molecule is Cc1ccc(-n2nnc(-c3nc4sccn4c3/C=N/NC(N)=S)c2C)cc1. The molecule has 0 aliphatic heterocycles. The van der Waals surface area contributed by atoms with Crippen LogP contribution in [0.4, 0.5) is 0 Å². The van der Waals surface area contributed by atoms with Crippen LogP contribution in [0.3, 0.4) is 0 Å². The van der Waals surface area contributed by atoms with E-state index < -0.39 is 0 Å². The van der Waals surface area contributed by atoms with Crippen LogP contribution in [0.2, 0.25) is 0 Å². The number of nitrogens with zero attached hydrogens (tertiary/aromatic N) is 6. The highest BCUT2D eigenvalue weighted by atomic mass is 32.1. The van der Waals surface area contributed by atoms with Gasteiger partial charge in [-0.1, -0.05) is 22.9 Å². The number of benzene rings is 1. The molecule has 0 radical (unpaired) electrons. The van der Waals surface area contributed by atoms with Crippen molar-refractivity contribution in [2.45, 2.75) is 13.8 Å². The first-order valence-corrected chi connectivity index (χ1v) is 9.37. The summed E-state index contributed by atoms with van der Waals surface area (Å²) in [5.41, 5.74) is 13.2. The first-order chi connectivity index (χ1) is 13.0. The lowest BCUT2D eigenvalue weighted by atomic mass is 10.2. The van der Waals surface area contributed by atoms with Crippen molar-refractivity contribution in [3.05, 3.63) is 52.8 Å². The minimum atomic E-state index is 0.0976. The highest BCUT2D eigenvalue weighted by molar-refractivity contribution is 7.80. The van der Waals surface area contributed by atoms with E-state index >= 15 is 0 Å². The van der Waals surface area contributed by atoms with Crippen molar-refractivity contribution in [2.24, 2.45) is 10.8 Å². The van der Waals surface area contributed by atoms with E-state index in [1.165, 1.54) is 16.9 Å². The van der Waals surface area contributed by atoms with Gasteiger partial charge in [0.05, 0.1) is 23.3 Å². The molecule has 0 bridgehead atoms. The third-order valence-corrected chi connectivity index (χ3v) is 4.91. The Morgan fingerprint density at radius 2 is 2.04 bits per heavy atom. The number of hydrazone groups is 1. The predicted molar refractivity (Wildman–Crippen MR) is 110 cm³/mol. The predicted octanol–water partition coefficient (Wildman–Crippen LogP) is 2.43. The number of fused-ring (bicyclic) bond motifs is 1. The second kappa shape index (κ2) is 6.89. The molecule has 0 aliphatic carbocycles. The fourth-order valence-corrected chi connectivity index (χ4v) is 3.51. The monoisotopic (exact) mass is 396 g/mol. The van der Waals surface area contributed by atoms with Gasteiger partial charge in [-0.2, -0.15) is 5.10 Å². The number of nitrogens with one attached hydrogen (secondary N) is 1. The Bertz CT molecular complexity index is 1150. The number of imidazole rings is 1. The maximum Gasteiger partial charge on any atom is 0.194 e. The lowest BCUT2D eigenvalue weighted by Crippen LogP contribution is -2.24. The van der Waals surface area contributed by atoms with Crippen LogP contribution < -0.4 is 11.2 Å². The molecule has 0 spiro atoms. The summed E-state index contributed by atoms with van der Waals surface area (Å²) in [6, 6.07) is 8.12. The lowest BCUT2D eigenvalue weighted by Gasteiger charge is -2.04. The first kappa shape index (κ1) is 17.3. The molecule has 3 aromatic heterocycles. The summed E-state index contributed by atoms with van der Waals surface area (Å²) >= 11 is 6.32. The second-order valence-corrected chi connectivity index (χ2v) is 7.22. The smallest absolute Gasteiger partial charge is 0.194 e. The average Bonchev–Trinajstić information content (AvgIpc) is 3.31. The fourth-order valence-electron chi connectivity index (χ4n) is 2.74. The summed E-state index contributed by atoms with van der Waals surface area (Å²) in [4.78, 5) is 5.54. The molecule has 0 saturated heterocycles. The second-order valence-electron chi connectivity index (χ2n) is 5.91. The van der Waals surface area contributed by atoms with Gasteiger partial charge in [0.15, 0.2) is 10.1 Å². The van der Waals surface area contributed by atoms with Crippen LogP contribution in [0.1, 0.15) is 17.0 Å². The van der Waals surface area contributed by atoms with E-state index in [0.717, 1.165) is 22.0 Å². The van der Waals surface area contributed by atoms with Gasteiger partial charge in [-0.05, 0) is 38.2 Å². The molecule has 27 heavy (non-hydrogen) atoms. The number of hydrogen-bond acceptors (Lipinski definition) is 6. The third-order valence-electron chi connectivity index (χ3n) is 4.06. The van der Waals surface area contributed by atoms with Crippen molar-refractivity contribution in [1.29, 1.82) is 0 Å². The van der Waals surface area contributed by atoms with Crippen LogP contribution >= 0.6 is 23.6 Å². The van der Waals surface area contributed by atoms with E-state index in [9.17, 15) is 0 Å². The van der Waals surface area contributed by atoms with E-state index in [2.05, 4.69) is 20.8 Å². The van der Waals surface area contributed by atoms with E-state index in [1.54, 1.807) is 10.9 Å². The maximum absolute atomic E-state index is 5.44. The molecule has 10 heteroatoms. The molecule has 0 saturated carbocycles. The van der Waals surface area contributed by atoms with Crippen molar-refractivity contribution in [3.8, 4) is 17.1 Å². The molecule has 0 aliphatic rings. The summed E-state index contributed by atoms with van der Waals surface area (Å²) < 4.78 is 3.74. The van der Waals surface area contributed by atoms with Crippen molar-refractivity contribution >= 4 is 39.8 Å². The van der Waals surface area contributed by atoms with Crippen LogP contribution in [0.15, 0.2) is 40.9 Å². The average molecular weight is 397 g/mol. The van der Waals surface area contributed by atoms with Crippen molar-refractivity contribution in [2.75, 3.05) is 0 Å². The van der Waals surface area contributed by atoms with Gasteiger partial charge in [-0.3, -0.25) is 9.83 Å². The van der Waals surface area contributed by atoms with E-state index in [0.29, 0.717) is 11.4 Å². The number of thiocarbonyl (C=S) groups is 1. The summed E-state index contributed by atoms with van der Waals surface area (Å²) in [5, 5.41) is 14.8. The zero-order valence-electron chi connectivity index (χ0n) is 14.6. The van der Waals surface area contributed by atoms with Gasteiger partial charge >= 0.3 is 0 Å². The number of aryl methyl sites for hydroxylation is 1. The first-order valence-electron chi connectivity index (χ1n) is 8.08. The van der Waals surface area contributed by atoms with Crippen LogP contribution in [-0.4, -0.2) is 35.7 Å². The Hall–Kier alpha value is -3.11. The molecule has 3 heterocycles. The van der Waals surface area contributed by atoms with Crippen molar-refractivity contribution in [3.63, 3.8) is 0 Å². The molecule has 8 nitrogen and oxygen atoms in total. The van der Waals surface area contributed by atoms with E-state index in [1.807, 2.05) is 54.1 Å². The largest absolute Gasteiger partial charge is 0.375 e. The molecular weight excluding hydrogens is 380 g/mol. The van der Waals surface area contributed by atoms with E-state index in [4.69, 9.17) is 22.9 Å². The highest BCUT2D eigenvalue weighted by Gasteiger charge is 2.20. The van der Waals surface area contributed by atoms with Crippen molar-refractivity contribution < 1.29 is 0 Å². The Morgan fingerprint density at radius 1 is 1.26 bits per heavy atom. The van der Waals surface area contributed by atoms with Gasteiger partial charge in [0.2, 0.25) is 0 Å². The standard InChI is InChI=1S/C17H16N8S2/c1-10-3-5-12(6-4-10)25-11(2)14(21-23-25)15-13(9-19-22-16(18)26)24-7-8-27-17(24)20-15/h3-9H,1-2H3,(H3,18,22,26)/b19-9+. The minimum Gasteiger partial charge on any atom is -0.375 e. The highest BCUT2D eigenvalue weighted by Crippen LogP contribution is 2.27. The van der Waals surface area contributed by atoms with Crippen LogP contribution in [0, 0.1) is 13.8 Å². The lowest BCUT2D eigenvalue weighted by molar-refractivity contribution is 0.785. The van der Waals surface area contributed by atoms with Crippen LogP contribution in [0.5, 0.6) is 0 Å². The molecule has 0 fully saturated rings. The molecule has 0 amide bonds. The Balaban J connectivity index is 1.81. The number of rotatable bonds is 4. The van der Waals surface area contributed by atoms with Gasteiger partial charge in [-0.25, -0.2) is 9.67 Å². The molecule has 0 unspecified atom stereocenters. The summed E-state index contributed by atoms with van der Waals surface area (Å²) in [6.45, 7) is 4.02. The molecule has 4 rings (SSSR count). The molecule has 0 atom stereocenters. The van der Waals surface area contributed by atoms with Gasteiger partial charge in [0, 0.05) is 11.6 Å². The Labute approximate surface area is 164 Å². The quantitative estimate of drug-likeness (QED) is 0.312. The number of nitrogens with two attached hydrogens (primary N) is 1. The number of thiazole rings is 1. The third kappa shape index (κ3) is 3.20. The van der Waals surface area contributed by atoms with Gasteiger partial charge in [0.25, 0.3) is 0 Å². The zero-order valence-corrected chi connectivity index (χ0v) is 16.3. The number of hydrogen-bond donors (Lipinski definition) is 2. The fraction of sp³-hybridized carbons (Fsp3) is 0.118. The Kier molecular flexibility index (Phi) is 4.42. The van der Waals surface area contributed by atoms with Gasteiger partial charge < -0.3 is 5.73 Å². The molecule has 136 valence electrons. The topological polar surface area (TPSA) is 98.4 Å². The maximum atomic E-state index is 5.44. The minimum absolute atomic E-state index is 0.0976. The molecule has 4 aromatic rings. The Morgan fingerprint density at radius 3 is 2.78 bits per heavy atom. The normalized spacial score (nSPS) is 11.5. The number of aromatic nitrogens is 5. The van der Waals surface area contributed by atoms with Gasteiger partial charge in [-0.15, -0.1) is 16.4 Å². The molecule has 1 aromatic carbocycles. The molecule has 3 N–H and O–H groups in total. The van der Waals surface area contributed by atoms with Crippen molar-refractivity contribution in [1.82, 2.24) is 29.8 Å². The van der Waals surface area contributed by atoms with Crippen LogP contribution in [-0.2, 0) is 0 Å².